The van der Waals surface area contributed by atoms with E-state index in [0.717, 1.165) is 0 Å². The molecule has 0 saturated carbocycles. The van der Waals surface area contributed by atoms with E-state index in [9.17, 15) is 14.7 Å². The molecule has 2 aromatic heterocycles. The predicted molar refractivity (Wildman–Crippen MR) is 92.9 cm³/mol. The number of aryl methyl sites for hydroxylation is 1. The van der Waals surface area contributed by atoms with Crippen molar-refractivity contribution in [3.05, 3.63) is 73.0 Å². The molecule has 0 aliphatic heterocycles. The Balaban J connectivity index is 0.00000192. The third-order valence-electron chi connectivity index (χ3n) is 3.37. The van der Waals surface area contributed by atoms with Gasteiger partial charge in [0.05, 0.1) is 15.7 Å². The zero-order valence-corrected chi connectivity index (χ0v) is 14.1. The smallest absolute Gasteiger partial charge is 0.283 e. The van der Waals surface area contributed by atoms with E-state index in [4.69, 9.17) is 23.2 Å². The molecule has 1 N–H and O–H groups in total. The van der Waals surface area contributed by atoms with Gasteiger partial charge in [0.25, 0.3) is 5.56 Å². The Kier molecular flexibility index (Phi) is 4.75. The highest BCUT2D eigenvalue weighted by atomic mass is 35.5. The van der Waals surface area contributed by atoms with Crippen molar-refractivity contribution in [3.63, 3.8) is 0 Å². The molecule has 0 saturated heterocycles. The fourth-order valence-corrected chi connectivity index (χ4v) is 2.57. The van der Waals surface area contributed by atoms with Gasteiger partial charge >= 0.3 is 0 Å². The molecule has 0 bridgehead atoms. The summed E-state index contributed by atoms with van der Waals surface area (Å²) in [5.41, 5.74) is -0.0715. The lowest BCUT2D eigenvalue weighted by Gasteiger charge is -2.12. The Morgan fingerprint density at radius 2 is 1.78 bits per heavy atom. The lowest BCUT2D eigenvalue weighted by Crippen LogP contribution is -2.23. The van der Waals surface area contributed by atoms with Crippen molar-refractivity contribution >= 4 is 41.1 Å². The van der Waals surface area contributed by atoms with Gasteiger partial charge in [-0.1, -0.05) is 23.2 Å². The maximum atomic E-state index is 12.6. The first kappa shape index (κ1) is 17.4. The molecule has 0 unspecified atom stereocenters. The minimum absolute atomic E-state index is 0. The topological polar surface area (TPSA) is 63.7 Å². The van der Waals surface area contributed by atoms with E-state index >= 15 is 0 Å². The van der Waals surface area contributed by atoms with E-state index in [1.807, 2.05) is 0 Å². The van der Waals surface area contributed by atoms with Gasteiger partial charge < -0.3 is 9.51 Å². The lowest BCUT2D eigenvalue weighted by atomic mass is 10.2. The van der Waals surface area contributed by atoms with E-state index in [-0.39, 0.29) is 17.9 Å². The SMILES string of the molecule is Cc1cn(-c2ccc(Cl)c(Cl)c2)c(=O)c2c(O)c(=O)ccn12.Cl. The molecular weight excluding hydrogens is 363 g/mol. The zero-order chi connectivity index (χ0) is 16.0. The van der Waals surface area contributed by atoms with Crippen molar-refractivity contribution in [2.75, 3.05) is 0 Å². The van der Waals surface area contributed by atoms with E-state index in [1.165, 1.54) is 21.2 Å². The van der Waals surface area contributed by atoms with E-state index in [1.54, 1.807) is 31.3 Å². The van der Waals surface area contributed by atoms with Crippen LogP contribution in [0.2, 0.25) is 10.0 Å². The molecule has 0 spiro atoms. The van der Waals surface area contributed by atoms with Crippen molar-refractivity contribution in [3.8, 4) is 11.4 Å². The predicted octanol–water partition coefficient (Wildman–Crippen LogP) is 3.19. The standard InChI is InChI=1S/C15H10Cl2N2O3.ClH/c1-8-7-19(9-2-3-10(16)11(17)6-9)15(22)13-14(21)12(20)4-5-18(8)13;/h2-7,21H,1H3;1H. The third-order valence-corrected chi connectivity index (χ3v) is 4.11. The van der Waals surface area contributed by atoms with Crippen LogP contribution < -0.4 is 11.0 Å². The van der Waals surface area contributed by atoms with Gasteiger partial charge in [0.2, 0.25) is 5.43 Å². The molecule has 0 radical (unpaired) electrons. The summed E-state index contributed by atoms with van der Waals surface area (Å²) in [6.45, 7) is 1.75. The summed E-state index contributed by atoms with van der Waals surface area (Å²) in [6, 6.07) is 5.95. The van der Waals surface area contributed by atoms with Crippen LogP contribution in [0.4, 0.5) is 0 Å². The molecule has 3 rings (SSSR count). The molecule has 5 nitrogen and oxygen atoms in total. The second-order valence-electron chi connectivity index (χ2n) is 4.79. The van der Waals surface area contributed by atoms with Gasteiger partial charge in [-0.25, -0.2) is 0 Å². The van der Waals surface area contributed by atoms with Crippen molar-refractivity contribution in [1.82, 2.24) is 8.97 Å². The number of hydrogen-bond donors (Lipinski definition) is 1. The maximum absolute atomic E-state index is 12.6. The van der Waals surface area contributed by atoms with Gasteiger partial charge in [-0.2, -0.15) is 0 Å². The number of nitrogens with zero attached hydrogens (tertiary/aromatic N) is 2. The first-order valence-electron chi connectivity index (χ1n) is 6.32. The summed E-state index contributed by atoms with van der Waals surface area (Å²) < 4.78 is 2.78. The number of halogens is 3. The first-order chi connectivity index (χ1) is 10.4. The van der Waals surface area contributed by atoms with Crippen molar-refractivity contribution in [1.29, 1.82) is 0 Å². The fraction of sp³-hybridized carbons (Fsp3) is 0.0667. The van der Waals surface area contributed by atoms with Gasteiger partial charge in [0, 0.05) is 24.2 Å². The molecule has 0 aliphatic rings. The molecular formula is C15H11Cl3N2O3. The quantitative estimate of drug-likeness (QED) is 0.712. The Labute approximate surface area is 146 Å². The van der Waals surface area contributed by atoms with Crippen LogP contribution in [0.3, 0.4) is 0 Å². The highest BCUT2D eigenvalue weighted by Crippen LogP contribution is 2.24. The third kappa shape index (κ3) is 2.83. The van der Waals surface area contributed by atoms with Crippen molar-refractivity contribution in [2.24, 2.45) is 0 Å². The van der Waals surface area contributed by atoms with Gasteiger partial charge in [0.1, 0.15) is 0 Å². The normalized spacial score (nSPS) is 10.6. The van der Waals surface area contributed by atoms with Gasteiger partial charge in [0.15, 0.2) is 11.3 Å². The van der Waals surface area contributed by atoms with Crippen molar-refractivity contribution < 1.29 is 5.11 Å². The summed E-state index contributed by atoms with van der Waals surface area (Å²) in [6.07, 6.45) is 3.05. The fourth-order valence-electron chi connectivity index (χ4n) is 2.27. The van der Waals surface area contributed by atoms with Gasteiger partial charge in [-0.05, 0) is 25.1 Å². The lowest BCUT2D eigenvalue weighted by molar-refractivity contribution is 0.472. The summed E-state index contributed by atoms with van der Waals surface area (Å²) in [5.74, 6) is -0.579. The van der Waals surface area contributed by atoms with Crippen LogP contribution in [0.1, 0.15) is 5.69 Å². The number of aromatic nitrogens is 2. The average molecular weight is 374 g/mol. The number of benzene rings is 1. The van der Waals surface area contributed by atoms with E-state index in [2.05, 4.69) is 0 Å². The van der Waals surface area contributed by atoms with Crippen molar-refractivity contribution in [2.45, 2.75) is 6.92 Å². The van der Waals surface area contributed by atoms with Crippen LogP contribution in [0.25, 0.3) is 11.2 Å². The summed E-state index contributed by atoms with van der Waals surface area (Å²) in [7, 11) is 0. The highest BCUT2D eigenvalue weighted by Gasteiger charge is 2.13. The summed E-state index contributed by atoms with van der Waals surface area (Å²) in [4.78, 5) is 24.2. The molecule has 120 valence electrons. The Bertz CT molecular complexity index is 1020. The maximum Gasteiger partial charge on any atom is 0.283 e. The summed E-state index contributed by atoms with van der Waals surface area (Å²) >= 11 is 11.9. The molecule has 0 atom stereocenters. The Morgan fingerprint density at radius 1 is 1.09 bits per heavy atom. The minimum atomic E-state index is -0.608. The summed E-state index contributed by atoms with van der Waals surface area (Å²) in [5, 5.41) is 10.6. The number of aromatic hydroxyl groups is 1. The Morgan fingerprint density at radius 3 is 2.43 bits per heavy atom. The molecule has 0 amide bonds. The van der Waals surface area contributed by atoms with Crippen LogP contribution in [0, 0.1) is 6.92 Å². The number of fused-ring (bicyclic) bond motifs is 1. The molecule has 1 aromatic carbocycles. The van der Waals surface area contributed by atoms with Crippen LogP contribution in [-0.2, 0) is 0 Å². The van der Waals surface area contributed by atoms with Crippen LogP contribution in [0.15, 0.2) is 46.2 Å². The van der Waals surface area contributed by atoms with Crippen LogP contribution in [0.5, 0.6) is 5.75 Å². The first-order valence-corrected chi connectivity index (χ1v) is 7.08. The number of hydrogen-bond acceptors (Lipinski definition) is 3. The zero-order valence-electron chi connectivity index (χ0n) is 11.8. The average Bonchev–Trinajstić information content (AvgIpc) is 2.48. The molecule has 0 fully saturated rings. The molecule has 2 heterocycles. The molecule has 23 heavy (non-hydrogen) atoms. The molecule has 0 aliphatic carbocycles. The second kappa shape index (κ2) is 6.28. The van der Waals surface area contributed by atoms with Crippen LogP contribution >= 0.6 is 35.6 Å². The van der Waals surface area contributed by atoms with Gasteiger partial charge in [-0.15, -0.1) is 12.4 Å². The van der Waals surface area contributed by atoms with E-state index < -0.39 is 16.7 Å². The molecule has 8 heteroatoms. The van der Waals surface area contributed by atoms with Gasteiger partial charge in [-0.3, -0.25) is 14.2 Å². The van der Waals surface area contributed by atoms with Crippen LogP contribution in [-0.4, -0.2) is 14.1 Å². The largest absolute Gasteiger partial charge is 0.503 e. The Hall–Kier alpha value is -1.95. The number of rotatable bonds is 1. The molecule has 3 aromatic rings. The monoisotopic (exact) mass is 372 g/mol. The van der Waals surface area contributed by atoms with E-state index in [0.29, 0.717) is 21.4 Å². The second-order valence-corrected chi connectivity index (χ2v) is 5.61. The minimum Gasteiger partial charge on any atom is -0.503 e. The number of pyridine rings is 1. The highest BCUT2D eigenvalue weighted by molar-refractivity contribution is 6.42.